The summed E-state index contributed by atoms with van der Waals surface area (Å²) in [4.78, 5) is 10.1. The lowest BCUT2D eigenvalue weighted by atomic mass is 10.5. The fourth-order valence-electron chi connectivity index (χ4n) is 0.629. The molecular weight excluding hydrogens is 227 g/mol. The molecule has 0 aliphatic carbocycles. The minimum atomic E-state index is -5.05. The number of carbonyl (C=O) groups excluding carboxylic acids is 1. The number of halogens is 5. The van der Waals surface area contributed by atoms with E-state index < -0.39 is 33.5 Å². The van der Waals surface area contributed by atoms with Gasteiger partial charge in [0.15, 0.2) is 0 Å². The zero-order valence-corrected chi connectivity index (χ0v) is 8.33. The third kappa shape index (κ3) is 6.81. The molecule has 0 N–H and O–H groups in total. The minimum absolute atomic E-state index is 0.239. The van der Waals surface area contributed by atoms with Crippen molar-refractivity contribution in [1.82, 2.24) is 0 Å². The van der Waals surface area contributed by atoms with E-state index in [4.69, 9.17) is 0 Å². The van der Waals surface area contributed by atoms with E-state index in [1.165, 1.54) is 0 Å². The molecule has 8 heteroatoms. The van der Waals surface area contributed by atoms with Crippen molar-refractivity contribution >= 4 is 14.7 Å². The lowest BCUT2D eigenvalue weighted by Gasteiger charge is -2.08. The molecule has 0 amide bonds. The molecule has 0 atom stereocenters. The maximum atomic E-state index is 12.3. The molecule has 0 saturated heterocycles. The molecule has 0 aromatic rings. The number of hydrogen-bond donors (Lipinski definition) is 0. The monoisotopic (exact) mass is 236 g/mol. The third-order valence-electron chi connectivity index (χ3n) is 1.22. The topological polar surface area (TPSA) is 26.3 Å². The van der Waals surface area contributed by atoms with Crippen LogP contribution in [0.5, 0.6) is 0 Å². The number of ether oxygens (including phenoxy) is 1. The normalized spacial score (nSPS) is 12.7. The molecule has 84 valence electrons. The molecule has 2 nitrogen and oxygen atoms in total. The van der Waals surface area contributed by atoms with Gasteiger partial charge in [-0.15, -0.1) is 0 Å². The first-order chi connectivity index (χ1) is 6.13. The molecule has 14 heavy (non-hydrogen) atoms. The number of esters is 1. The van der Waals surface area contributed by atoms with E-state index in [2.05, 4.69) is 4.74 Å². The van der Waals surface area contributed by atoms with E-state index in [0.717, 1.165) is 6.55 Å². The fourth-order valence-corrected chi connectivity index (χ4v) is 1.39. The van der Waals surface area contributed by atoms with Crippen LogP contribution in [0, 0.1) is 0 Å². The summed E-state index contributed by atoms with van der Waals surface area (Å²) in [6.07, 6.45) is -5.29. The summed E-state index contributed by atoms with van der Waals surface area (Å²) >= 11 is 0. The van der Waals surface area contributed by atoms with Crippen molar-refractivity contribution in [2.45, 2.75) is 25.2 Å². The van der Waals surface area contributed by atoms with Crippen molar-refractivity contribution in [3.8, 4) is 0 Å². The van der Waals surface area contributed by atoms with Gasteiger partial charge in [-0.1, -0.05) is 0 Å². The Morgan fingerprint density at radius 3 is 2.21 bits per heavy atom. The van der Waals surface area contributed by atoms with Crippen molar-refractivity contribution in [3.05, 3.63) is 0 Å². The molecular formula is C6H9F5O2Si. The smallest absolute Gasteiger partial charge is 0.459 e. The van der Waals surface area contributed by atoms with Crippen molar-refractivity contribution < 1.29 is 30.9 Å². The molecule has 0 aliphatic rings. The molecule has 0 aromatic heterocycles. The number of carbonyl (C=O) groups is 1. The molecule has 0 radical (unpaired) electrons. The lowest BCUT2D eigenvalue weighted by molar-refractivity contribution is -0.199. The molecule has 0 unspecified atom stereocenters. The predicted octanol–water partition coefficient (Wildman–Crippen LogP) is 2.49. The van der Waals surface area contributed by atoms with E-state index in [-0.39, 0.29) is 6.42 Å². The van der Waals surface area contributed by atoms with E-state index >= 15 is 0 Å². The average molecular weight is 236 g/mol. The van der Waals surface area contributed by atoms with E-state index in [9.17, 15) is 26.2 Å². The van der Waals surface area contributed by atoms with Crippen LogP contribution < -0.4 is 0 Å². The van der Waals surface area contributed by atoms with Crippen molar-refractivity contribution in [1.29, 1.82) is 0 Å². The molecule has 0 saturated carbocycles. The van der Waals surface area contributed by atoms with Gasteiger partial charge < -0.3 is 4.74 Å². The molecule has 0 fully saturated rings. The highest BCUT2D eigenvalue weighted by molar-refractivity contribution is 6.64. The second kappa shape index (κ2) is 4.72. The van der Waals surface area contributed by atoms with Gasteiger partial charge in [-0.2, -0.15) is 13.2 Å². The second-order valence-electron chi connectivity index (χ2n) is 2.81. The summed E-state index contributed by atoms with van der Waals surface area (Å²) in [6, 6.07) is -0.474. The molecule has 0 rings (SSSR count). The fraction of sp³-hybridized carbons (Fsp3) is 0.833. The van der Waals surface area contributed by atoms with Crippen molar-refractivity contribution in [3.63, 3.8) is 0 Å². The summed E-state index contributed by atoms with van der Waals surface area (Å²) in [6.45, 7) is 0.160. The summed E-state index contributed by atoms with van der Waals surface area (Å²) in [5.74, 6) is -2.33. The molecule has 0 heterocycles. The summed E-state index contributed by atoms with van der Waals surface area (Å²) in [5, 5.41) is 0. The molecule has 0 spiro atoms. The van der Waals surface area contributed by atoms with Crippen LogP contribution in [0.25, 0.3) is 0 Å². The first kappa shape index (κ1) is 13.3. The number of hydrogen-bond acceptors (Lipinski definition) is 2. The summed E-state index contributed by atoms with van der Waals surface area (Å²) < 4.78 is 62.7. The van der Waals surface area contributed by atoms with Gasteiger partial charge in [0.25, 0.3) is 0 Å². The van der Waals surface area contributed by atoms with Crippen LogP contribution in [0.15, 0.2) is 0 Å². The highest BCUT2D eigenvalue weighted by atomic mass is 28.4. The third-order valence-corrected chi connectivity index (χ3v) is 2.46. The van der Waals surface area contributed by atoms with Crippen LogP contribution in [0.2, 0.25) is 12.6 Å². The Labute approximate surface area is 78.4 Å². The Balaban J connectivity index is 3.62. The van der Waals surface area contributed by atoms with E-state index in [1.54, 1.807) is 0 Å². The molecule has 0 bridgehead atoms. The van der Waals surface area contributed by atoms with Crippen molar-refractivity contribution in [2.24, 2.45) is 0 Å². The zero-order chi connectivity index (χ0) is 11.4. The van der Waals surface area contributed by atoms with Crippen LogP contribution in [0.1, 0.15) is 6.42 Å². The zero-order valence-electron chi connectivity index (χ0n) is 7.33. The van der Waals surface area contributed by atoms with Crippen LogP contribution in [-0.4, -0.2) is 27.5 Å². The van der Waals surface area contributed by atoms with Gasteiger partial charge >= 0.3 is 20.9 Å². The Morgan fingerprint density at radius 1 is 1.36 bits per heavy atom. The van der Waals surface area contributed by atoms with Gasteiger partial charge in [-0.25, -0.2) is 4.79 Å². The van der Waals surface area contributed by atoms with Gasteiger partial charge in [0, 0.05) is 6.04 Å². The highest BCUT2D eigenvalue weighted by Gasteiger charge is 2.40. The van der Waals surface area contributed by atoms with Gasteiger partial charge in [-0.3, -0.25) is 8.22 Å². The largest absolute Gasteiger partial charge is 0.490 e. The van der Waals surface area contributed by atoms with E-state index in [0.29, 0.717) is 0 Å². The number of rotatable bonds is 4. The maximum Gasteiger partial charge on any atom is 0.490 e. The first-order valence-corrected chi connectivity index (χ1v) is 6.21. The second-order valence-corrected chi connectivity index (χ2v) is 5.45. The van der Waals surface area contributed by atoms with Crippen LogP contribution in [-0.2, 0) is 9.53 Å². The Kier molecular flexibility index (Phi) is 4.49. The van der Waals surface area contributed by atoms with Crippen LogP contribution >= 0.6 is 0 Å². The van der Waals surface area contributed by atoms with E-state index in [1.807, 2.05) is 0 Å². The summed E-state index contributed by atoms with van der Waals surface area (Å²) in [7, 11) is -4.25. The standard InChI is InChI=1S/C6H9F5O2Si/c1-14(10,11)4-2-3-13-5(12)6(7,8)9/h2-4H2,1H3. The molecule has 0 aliphatic heterocycles. The Bertz CT molecular complexity index is 197. The quantitative estimate of drug-likeness (QED) is 0.246. The Hall–Kier alpha value is -0.663. The summed E-state index contributed by atoms with van der Waals surface area (Å²) in [5.41, 5.74) is 0. The van der Waals surface area contributed by atoms with Gasteiger partial charge in [0.1, 0.15) is 0 Å². The average Bonchev–Trinajstić information content (AvgIpc) is 1.93. The Morgan fingerprint density at radius 2 is 1.86 bits per heavy atom. The highest BCUT2D eigenvalue weighted by Crippen LogP contribution is 2.18. The van der Waals surface area contributed by atoms with Crippen LogP contribution in [0.4, 0.5) is 21.4 Å². The van der Waals surface area contributed by atoms with Crippen LogP contribution in [0.3, 0.4) is 0 Å². The molecule has 0 aromatic carbocycles. The minimum Gasteiger partial charge on any atom is -0.459 e. The lowest BCUT2D eigenvalue weighted by Crippen LogP contribution is -2.26. The van der Waals surface area contributed by atoms with Gasteiger partial charge in [0.2, 0.25) is 0 Å². The SMILES string of the molecule is C[Si](F)(F)CCCOC(=O)C(F)(F)F. The predicted molar refractivity (Wildman–Crippen MR) is 40.3 cm³/mol. The number of alkyl halides is 3. The van der Waals surface area contributed by atoms with Crippen molar-refractivity contribution in [2.75, 3.05) is 6.61 Å². The maximum absolute atomic E-state index is 12.3. The van der Waals surface area contributed by atoms with Gasteiger partial charge in [-0.05, 0) is 13.0 Å². The van der Waals surface area contributed by atoms with Gasteiger partial charge in [0.05, 0.1) is 6.61 Å². The first-order valence-electron chi connectivity index (χ1n) is 3.75.